The largest absolute Gasteiger partial charge is 0.436 e. The van der Waals surface area contributed by atoms with Gasteiger partial charge in [0.1, 0.15) is 11.4 Å². The molecule has 1 heterocycles. The van der Waals surface area contributed by atoms with Crippen LogP contribution in [0.15, 0.2) is 90.0 Å². The van der Waals surface area contributed by atoms with E-state index in [-0.39, 0.29) is 54.8 Å². The van der Waals surface area contributed by atoms with Crippen LogP contribution in [0.2, 0.25) is 15.1 Å². The van der Waals surface area contributed by atoms with Gasteiger partial charge in [0.15, 0.2) is 0 Å². The Morgan fingerprint density at radius 2 is 1.62 bits per heavy atom. The van der Waals surface area contributed by atoms with Gasteiger partial charge in [-0.2, -0.15) is 0 Å². The highest BCUT2D eigenvalue weighted by molar-refractivity contribution is 7.92. The van der Waals surface area contributed by atoms with Gasteiger partial charge >= 0.3 is 0 Å². The van der Waals surface area contributed by atoms with Gasteiger partial charge in [-0.05, 0) is 48.9 Å². The van der Waals surface area contributed by atoms with Gasteiger partial charge in [-0.1, -0.05) is 77.3 Å². The van der Waals surface area contributed by atoms with Gasteiger partial charge in [0, 0.05) is 6.20 Å². The fourth-order valence-electron chi connectivity index (χ4n) is 3.38. The van der Waals surface area contributed by atoms with Crippen molar-refractivity contribution in [2.24, 2.45) is 0 Å². The molecule has 0 spiro atoms. The van der Waals surface area contributed by atoms with Crippen molar-refractivity contribution in [3.8, 4) is 11.6 Å². The van der Waals surface area contributed by atoms with Crippen LogP contribution < -0.4 is 14.8 Å². The summed E-state index contributed by atoms with van der Waals surface area (Å²) in [4.78, 5) is 17.1. The summed E-state index contributed by atoms with van der Waals surface area (Å²) in [5.74, 6) is -0.312. The van der Waals surface area contributed by atoms with E-state index in [1.54, 1.807) is 24.3 Å². The maximum absolute atomic E-state index is 13.1. The summed E-state index contributed by atoms with van der Waals surface area (Å²) in [6, 6.07) is 21.0. The first-order chi connectivity index (χ1) is 17.6. The summed E-state index contributed by atoms with van der Waals surface area (Å²) < 4.78 is 34.4. The molecular formula is C26H20Cl3N3O4S. The minimum absolute atomic E-state index is 0.0357. The summed E-state index contributed by atoms with van der Waals surface area (Å²) in [7, 11) is -4.11. The first-order valence-corrected chi connectivity index (χ1v) is 13.5. The Hall–Kier alpha value is -3.30. The summed E-state index contributed by atoms with van der Waals surface area (Å²) in [5.41, 5.74) is 1.14. The predicted molar refractivity (Wildman–Crippen MR) is 145 cm³/mol. The number of pyridine rings is 1. The predicted octanol–water partition coefficient (Wildman–Crippen LogP) is 7.13. The average Bonchev–Trinajstić information content (AvgIpc) is 2.87. The molecule has 7 nitrogen and oxygen atoms in total. The van der Waals surface area contributed by atoms with Crippen LogP contribution in [-0.2, 0) is 10.0 Å². The van der Waals surface area contributed by atoms with Crippen molar-refractivity contribution in [3.05, 3.63) is 111 Å². The van der Waals surface area contributed by atoms with Gasteiger partial charge in [0.05, 0.1) is 31.6 Å². The number of aromatic nitrogens is 1. The summed E-state index contributed by atoms with van der Waals surface area (Å²) in [5, 5.41) is 3.40. The fraction of sp³-hybridized carbons (Fsp3) is 0.0769. The van der Waals surface area contributed by atoms with Gasteiger partial charge < -0.3 is 10.1 Å². The number of ether oxygens (including phenoxy) is 1. The number of amides is 1. The lowest BCUT2D eigenvalue weighted by molar-refractivity contribution is 0.0937. The Morgan fingerprint density at radius 3 is 2.35 bits per heavy atom. The highest BCUT2D eigenvalue weighted by Crippen LogP contribution is 2.34. The molecule has 0 aliphatic carbocycles. The second kappa shape index (κ2) is 11.4. The number of rotatable bonds is 8. The second-order valence-corrected chi connectivity index (χ2v) is 10.8. The van der Waals surface area contributed by atoms with E-state index in [4.69, 9.17) is 39.5 Å². The molecule has 1 aromatic heterocycles. The van der Waals surface area contributed by atoms with Gasteiger partial charge in [-0.25, -0.2) is 13.4 Å². The third-order valence-corrected chi connectivity index (χ3v) is 7.56. The number of carbonyl (C=O) groups is 1. The number of carbonyl (C=O) groups excluding carboxylic acids is 1. The molecular weight excluding hydrogens is 557 g/mol. The molecule has 0 saturated heterocycles. The van der Waals surface area contributed by atoms with Crippen molar-refractivity contribution in [2.75, 3.05) is 4.72 Å². The zero-order valence-corrected chi connectivity index (χ0v) is 22.4. The molecule has 0 bridgehead atoms. The van der Waals surface area contributed by atoms with Gasteiger partial charge in [0.2, 0.25) is 5.88 Å². The van der Waals surface area contributed by atoms with Crippen LogP contribution in [0.1, 0.15) is 28.9 Å². The summed E-state index contributed by atoms with van der Waals surface area (Å²) >= 11 is 18.0. The van der Waals surface area contributed by atoms with E-state index < -0.39 is 10.0 Å². The number of para-hydroxylation sites is 1. The fourth-order valence-corrected chi connectivity index (χ4v) is 4.97. The van der Waals surface area contributed by atoms with E-state index in [9.17, 15) is 13.2 Å². The maximum Gasteiger partial charge on any atom is 0.262 e. The molecule has 4 rings (SSSR count). The Bertz CT molecular complexity index is 1550. The SMILES string of the molecule is C[C@H](NC(=O)c1ccccc1Oc1ncc(Cl)cc1NS(=O)(=O)c1ccc(Cl)c(Cl)c1)c1ccccc1. The lowest BCUT2D eigenvalue weighted by atomic mass is 10.1. The number of hydrogen-bond donors (Lipinski definition) is 2. The highest BCUT2D eigenvalue weighted by Gasteiger charge is 2.21. The van der Waals surface area contributed by atoms with Crippen molar-refractivity contribution in [1.82, 2.24) is 10.3 Å². The first kappa shape index (κ1) is 26.8. The van der Waals surface area contributed by atoms with Crippen LogP contribution in [0.5, 0.6) is 11.6 Å². The Labute approximate surface area is 229 Å². The van der Waals surface area contributed by atoms with Crippen LogP contribution in [0.3, 0.4) is 0 Å². The lowest BCUT2D eigenvalue weighted by Crippen LogP contribution is -2.27. The number of halogens is 3. The number of benzene rings is 3. The highest BCUT2D eigenvalue weighted by atomic mass is 35.5. The van der Waals surface area contributed by atoms with Crippen LogP contribution in [0, 0.1) is 0 Å². The number of nitrogens with zero attached hydrogens (tertiary/aromatic N) is 1. The van der Waals surface area contributed by atoms with Gasteiger partial charge in [-0.15, -0.1) is 0 Å². The summed E-state index contributed by atoms with van der Waals surface area (Å²) in [6.45, 7) is 1.87. The normalized spacial score (nSPS) is 12.0. The number of hydrogen-bond acceptors (Lipinski definition) is 5. The molecule has 0 fully saturated rings. The average molecular weight is 577 g/mol. The maximum atomic E-state index is 13.1. The lowest BCUT2D eigenvalue weighted by Gasteiger charge is -2.17. The quantitative estimate of drug-likeness (QED) is 0.233. The smallest absolute Gasteiger partial charge is 0.262 e. The van der Waals surface area contributed by atoms with E-state index in [0.717, 1.165) is 5.56 Å². The molecule has 2 N–H and O–H groups in total. The van der Waals surface area contributed by atoms with Crippen molar-refractivity contribution >= 4 is 56.4 Å². The molecule has 0 unspecified atom stereocenters. The topological polar surface area (TPSA) is 97.4 Å². The van der Waals surface area contributed by atoms with Crippen molar-refractivity contribution in [1.29, 1.82) is 0 Å². The molecule has 0 aliphatic heterocycles. The molecule has 0 radical (unpaired) electrons. The van der Waals surface area contributed by atoms with Crippen LogP contribution >= 0.6 is 34.8 Å². The molecule has 11 heteroatoms. The molecule has 0 aliphatic rings. The van der Waals surface area contributed by atoms with Crippen LogP contribution in [-0.4, -0.2) is 19.3 Å². The number of nitrogens with one attached hydrogen (secondary N) is 2. The van der Waals surface area contributed by atoms with E-state index in [2.05, 4.69) is 15.0 Å². The second-order valence-electron chi connectivity index (χ2n) is 7.89. The third-order valence-electron chi connectivity index (χ3n) is 5.25. The Kier molecular flexibility index (Phi) is 8.24. The summed E-state index contributed by atoms with van der Waals surface area (Å²) in [6.07, 6.45) is 1.30. The minimum Gasteiger partial charge on any atom is -0.436 e. The molecule has 4 aromatic rings. The molecule has 37 heavy (non-hydrogen) atoms. The molecule has 1 atom stereocenters. The van der Waals surface area contributed by atoms with Crippen molar-refractivity contribution < 1.29 is 17.9 Å². The van der Waals surface area contributed by atoms with Gasteiger partial charge in [0.25, 0.3) is 15.9 Å². The first-order valence-electron chi connectivity index (χ1n) is 10.9. The molecule has 3 aromatic carbocycles. The van der Waals surface area contributed by atoms with Crippen LogP contribution in [0.4, 0.5) is 5.69 Å². The zero-order chi connectivity index (χ0) is 26.6. The van der Waals surface area contributed by atoms with E-state index in [0.29, 0.717) is 0 Å². The van der Waals surface area contributed by atoms with E-state index in [1.807, 2.05) is 37.3 Å². The Morgan fingerprint density at radius 1 is 0.919 bits per heavy atom. The van der Waals surface area contributed by atoms with Crippen LogP contribution in [0.25, 0.3) is 0 Å². The molecule has 1 amide bonds. The van der Waals surface area contributed by atoms with E-state index in [1.165, 1.54) is 30.5 Å². The van der Waals surface area contributed by atoms with Gasteiger partial charge in [-0.3, -0.25) is 9.52 Å². The van der Waals surface area contributed by atoms with E-state index >= 15 is 0 Å². The number of anilines is 1. The third kappa shape index (κ3) is 6.53. The van der Waals surface area contributed by atoms with Crippen molar-refractivity contribution in [2.45, 2.75) is 17.9 Å². The molecule has 0 saturated carbocycles. The van der Waals surface area contributed by atoms with Crippen molar-refractivity contribution in [3.63, 3.8) is 0 Å². The minimum atomic E-state index is -4.11. The standard InChI is InChI=1S/C26H20Cl3N3O4S/c1-16(17-7-3-2-4-8-17)31-25(33)20-9-5-6-10-24(20)36-26-23(13-18(27)15-30-26)32-37(34,35)19-11-12-21(28)22(29)14-19/h2-16,32H,1H3,(H,31,33)/t16-/m0/s1. The molecule has 190 valence electrons. The Balaban J connectivity index is 1.61. The number of sulfonamides is 1. The monoisotopic (exact) mass is 575 g/mol. The zero-order valence-electron chi connectivity index (χ0n) is 19.3.